The van der Waals surface area contributed by atoms with Crippen LogP contribution in [0.25, 0.3) is 11.2 Å². The Morgan fingerprint density at radius 3 is 2.70 bits per heavy atom. The van der Waals surface area contributed by atoms with Crippen LogP contribution in [-0.2, 0) is 19.5 Å². The van der Waals surface area contributed by atoms with Crippen LogP contribution >= 0.6 is 11.6 Å². The number of halogens is 1. The van der Waals surface area contributed by atoms with Crippen LogP contribution in [0.2, 0.25) is 0 Å². The van der Waals surface area contributed by atoms with E-state index in [4.69, 9.17) is 11.6 Å². The summed E-state index contributed by atoms with van der Waals surface area (Å²) in [5, 5.41) is 4.47. The standard InChI is InChI=1S/C15H23ClN4/c1-11-14-15(19(2)18-11)20(13(10-16)17-14)9-8-12-6-4-3-5-7-12/h12H,3-10H2,1-2H3. The Bertz CT molecular complexity index is 593. The minimum absolute atomic E-state index is 0.471. The van der Waals surface area contributed by atoms with Gasteiger partial charge in [-0.1, -0.05) is 32.1 Å². The zero-order chi connectivity index (χ0) is 14.1. The van der Waals surface area contributed by atoms with Crippen LogP contribution < -0.4 is 0 Å². The van der Waals surface area contributed by atoms with Crippen LogP contribution in [0.5, 0.6) is 0 Å². The van der Waals surface area contributed by atoms with Gasteiger partial charge in [0.2, 0.25) is 0 Å². The van der Waals surface area contributed by atoms with Crippen LogP contribution in [0, 0.1) is 12.8 Å². The fourth-order valence-corrected chi connectivity index (χ4v) is 3.71. The molecule has 20 heavy (non-hydrogen) atoms. The Hall–Kier alpha value is -1.03. The molecule has 0 N–H and O–H groups in total. The minimum atomic E-state index is 0.471. The van der Waals surface area contributed by atoms with Crippen molar-refractivity contribution >= 4 is 22.8 Å². The zero-order valence-electron chi connectivity index (χ0n) is 12.4. The third kappa shape index (κ3) is 2.46. The summed E-state index contributed by atoms with van der Waals surface area (Å²) >= 11 is 6.07. The molecule has 1 aliphatic rings. The van der Waals surface area contributed by atoms with E-state index in [1.54, 1.807) is 0 Å². The van der Waals surface area contributed by atoms with E-state index >= 15 is 0 Å². The Kier molecular flexibility index (Phi) is 4.01. The Labute approximate surface area is 125 Å². The highest BCUT2D eigenvalue weighted by atomic mass is 35.5. The van der Waals surface area contributed by atoms with Crippen LogP contribution in [0.15, 0.2) is 0 Å². The lowest BCUT2D eigenvalue weighted by Gasteiger charge is -2.22. The average Bonchev–Trinajstić information content (AvgIpc) is 2.96. The van der Waals surface area contributed by atoms with Gasteiger partial charge in [0.1, 0.15) is 11.3 Å². The summed E-state index contributed by atoms with van der Waals surface area (Å²) in [5.74, 6) is 2.32. The molecule has 110 valence electrons. The topological polar surface area (TPSA) is 35.6 Å². The normalized spacial score (nSPS) is 17.1. The van der Waals surface area contributed by atoms with Crippen molar-refractivity contribution in [2.24, 2.45) is 13.0 Å². The molecule has 2 heterocycles. The lowest BCUT2D eigenvalue weighted by atomic mass is 9.87. The molecule has 2 aromatic heterocycles. The average molecular weight is 295 g/mol. The summed E-state index contributed by atoms with van der Waals surface area (Å²) in [7, 11) is 1.99. The van der Waals surface area contributed by atoms with Crippen molar-refractivity contribution in [3.63, 3.8) is 0 Å². The van der Waals surface area contributed by atoms with E-state index in [9.17, 15) is 0 Å². The van der Waals surface area contributed by atoms with Gasteiger partial charge in [0, 0.05) is 13.6 Å². The summed E-state index contributed by atoms with van der Waals surface area (Å²) < 4.78 is 4.21. The largest absolute Gasteiger partial charge is 0.312 e. The molecule has 1 saturated carbocycles. The molecule has 4 nitrogen and oxygen atoms in total. The van der Waals surface area contributed by atoms with Gasteiger partial charge in [0.05, 0.1) is 11.6 Å². The first kappa shape index (κ1) is 13.9. The van der Waals surface area contributed by atoms with Gasteiger partial charge < -0.3 is 4.57 Å². The molecule has 3 rings (SSSR count). The molecule has 1 aliphatic carbocycles. The summed E-state index contributed by atoms with van der Waals surface area (Å²) in [6.45, 7) is 3.03. The quantitative estimate of drug-likeness (QED) is 0.804. The van der Waals surface area contributed by atoms with Crippen molar-refractivity contribution < 1.29 is 0 Å². The molecule has 0 bridgehead atoms. The summed E-state index contributed by atoms with van der Waals surface area (Å²) in [6.07, 6.45) is 8.23. The number of nitrogens with zero attached hydrogens (tertiary/aromatic N) is 4. The summed E-state index contributed by atoms with van der Waals surface area (Å²) in [5.41, 5.74) is 3.12. The third-order valence-electron chi connectivity index (χ3n) is 4.57. The first-order chi connectivity index (χ1) is 9.70. The van der Waals surface area contributed by atoms with Crippen molar-refractivity contribution in [1.29, 1.82) is 0 Å². The first-order valence-electron chi connectivity index (χ1n) is 7.65. The molecule has 0 radical (unpaired) electrons. The maximum atomic E-state index is 6.07. The van der Waals surface area contributed by atoms with Gasteiger partial charge in [-0.05, 0) is 19.3 Å². The molecule has 0 atom stereocenters. The van der Waals surface area contributed by atoms with Gasteiger partial charge in [-0.25, -0.2) is 4.98 Å². The molecular weight excluding hydrogens is 272 g/mol. The second kappa shape index (κ2) is 5.76. The smallest absolute Gasteiger partial charge is 0.158 e. The van der Waals surface area contributed by atoms with Crippen LogP contribution in [0.1, 0.15) is 50.0 Å². The Morgan fingerprint density at radius 1 is 1.25 bits per heavy atom. The van der Waals surface area contributed by atoms with Crippen molar-refractivity contribution in [1.82, 2.24) is 19.3 Å². The van der Waals surface area contributed by atoms with Crippen molar-refractivity contribution in [2.45, 2.75) is 57.9 Å². The van der Waals surface area contributed by atoms with Crippen molar-refractivity contribution in [2.75, 3.05) is 0 Å². The van der Waals surface area contributed by atoms with Crippen LogP contribution in [0.3, 0.4) is 0 Å². The second-order valence-corrected chi connectivity index (χ2v) is 6.25. The van der Waals surface area contributed by atoms with E-state index in [1.807, 2.05) is 18.7 Å². The van der Waals surface area contributed by atoms with Gasteiger partial charge in [-0.2, -0.15) is 5.10 Å². The van der Waals surface area contributed by atoms with Gasteiger partial charge in [0.15, 0.2) is 5.65 Å². The molecule has 0 aromatic carbocycles. The number of alkyl halides is 1. The predicted octanol–water partition coefficient (Wildman–Crippen LogP) is 3.79. The summed E-state index contributed by atoms with van der Waals surface area (Å²) in [6, 6.07) is 0. The number of imidazole rings is 1. The van der Waals surface area contributed by atoms with Gasteiger partial charge in [0.25, 0.3) is 0 Å². The number of hydrogen-bond donors (Lipinski definition) is 0. The maximum Gasteiger partial charge on any atom is 0.158 e. The highest BCUT2D eigenvalue weighted by molar-refractivity contribution is 6.16. The minimum Gasteiger partial charge on any atom is -0.312 e. The number of aromatic nitrogens is 4. The van der Waals surface area contributed by atoms with Crippen LogP contribution in [-0.4, -0.2) is 19.3 Å². The molecule has 0 unspecified atom stereocenters. The molecule has 0 saturated heterocycles. The Morgan fingerprint density at radius 2 is 2.00 bits per heavy atom. The molecule has 1 fully saturated rings. The molecular formula is C15H23ClN4. The van der Waals surface area contributed by atoms with E-state index < -0.39 is 0 Å². The lowest BCUT2D eigenvalue weighted by Crippen LogP contribution is -2.12. The second-order valence-electron chi connectivity index (χ2n) is 5.99. The first-order valence-corrected chi connectivity index (χ1v) is 8.19. The van der Waals surface area contributed by atoms with Crippen molar-refractivity contribution in [3.05, 3.63) is 11.5 Å². The number of fused-ring (bicyclic) bond motifs is 1. The maximum absolute atomic E-state index is 6.07. The zero-order valence-corrected chi connectivity index (χ0v) is 13.2. The SMILES string of the molecule is Cc1nn(C)c2c1nc(CCl)n2CCC1CCCCC1. The highest BCUT2D eigenvalue weighted by Crippen LogP contribution is 2.28. The number of hydrogen-bond acceptors (Lipinski definition) is 2. The van der Waals surface area contributed by atoms with E-state index in [0.717, 1.165) is 35.1 Å². The van der Waals surface area contributed by atoms with Gasteiger partial charge in [-0.15, -0.1) is 11.6 Å². The number of aryl methyl sites for hydroxylation is 3. The monoisotopic (exact) mass is 294 g/mol. The summed E-state index contributed by atoms with van der Waals surface area (Å²) in [4.78, 5) is 4.66. The molecule has 0 spiro atoms. The lowest BCUT2D eigenvalue weighted by molar-refractivity contribution is 0.324. The third-order valence-corrected chi connectivity index (χ3v) is 4.81. The fraction of sp³-hybridized carbons (Fsp3) is 0.733. The van der Waals surface area contributed by atoms with Crippen molar-refractivity contribution in [3.8, 4) is 0 Å². The molecule has 2 aromatic rings. The number of rotatable bonds is 4. The van der Waals surface area contributed by atoms with Gasteiger partial charge >= 0.3 is 0 Å². The Balaban J connectivity index is 1.85. The highest BCUT2D eigenvalue weighted by Gasteiger charge is 2.19. The van der Waals surface area contributed by atoms with E-state index in [0.29, 0.717) is 5.88 Å². The van der Waals surface area contributed by atoms with E-state index in [1.165, 1.54) is 38.5 Å². The molecule has 0 aliphatic heterocycles. The van der Waals surface area contributed by atoms with Crippen LogP contribution in [0.4, 0.5) is 0 Å². The van der Waals surface area contributed by atoms with E-state index in [-0.39, 0.29) is 0 Å². The van der Waals surface area contributed by atoms with E-state index in [2.05, 4.69) is 14.6 Å². The molecule has 5 heteroatoms. The molecule has 0 amide bonds. The van der Waals surface area contributed by atoms with Gasteiger partial charge in [-0.3, -0.25) is 4.68 Å². The predicted molar refractivity (Wildman–Crippen MR) is 82.0 cm³/mol. The fourth-order valence-electron chi connectivity index (χ4n) is 3.50.